The first-order chi connectivity index (χ1) is 12.6. The molecule has 0 N–H and O–H groups in total. The highest BCUT2D eigenvalue weighted by Gasteiger charge is 2.29. The van der Waals surface area contributed by atoms with Crippen LogP contribution in [0.5, 0.6) is 11.5 Å². The first-order valence-electron chi connectivity index (χ1n) is 8.85. The van der Waals surface area contributed by atoms with Gasteiger partial charge in [0.1, 0.15) is 17.6 Å². The Labute approximate surface area is 161 Å². The molecule has 0 radical (unpaired) electrons. The molecule has 1 aliphatic carbocycles. The fourth-order valence-corrected chi connectivity index (χ4v) is 4.37. The second-order valence-electron chi connectivity index (χ2n) is 6.90. The molecule has 0 bridgehead atoms. The highest BCUT2D eigenvalue weighted by molar-refractivity contribution is 9.10. The first-order valence-corrected chi connectivity index (χ1v) is 9.64. The Hall–Kier alpha value is -2.01. The zero-order valence-corrected chi connectivity index (χ0v) is 16.5. The molecule has 2 atom stereocenters. The van der Waals surface area contributed by atoms with E-state index in [-0.39, 0.29) is 18.0 Å². The average molecular weight is 417 g/mol. The van der Waals surface area contributed by atoms with E-state index in [0.29, 0.717) is 13.0 Å². The topological polar surface area (TPSA) is 44.8 Å². The number of halogens is 1. The van der Waals surface area contributed by atoms with Crippen molar-refractivity contribution in [2.75, 3.05) is 13.7 Å². The number of esters is 1. The van der Waals surface area contributed by atoms with Gasteiger partial charge in [-0.2, -0.15) is 0 Å². The van der Waals surface area contributed by atoms with Crippen LogP contribution in [0.25, 0.3) is 0 Å². The fourth-order valence-electron chi connectivity index (χ4n) is 3.81. The van der Waals surface area contributed by atoms with Crippen molar-refractivity contribution in [2.45, 2.75) is 38.2 Å². The maximum Gasteiger partial charge on any atom is 0.306 e. The van der Waals surface area contributed by atoms with Crippen LogP contribution in [0.3, 0.4) is 0 Å². The number of hydrogen-bond acceptors (Lipinski definition) is 4. The third-order valence-electron chi connectivity index (χ3n) is 5.26. The molecule has 0 saturated heterocycles. The monoisotopic (exact) mass is 416 g/mol. The smallest absolute Gasteiger partial charge is 0.306 e. The molecule has 1 aliphatic heterocycles. The summed E-state index contributed by atoms with van der Waals surface area (Å²) in [5, 5.41) is 0. The van der Waals surface area contributed by atoms with Crippen LogP contribution in [0.4, 0.5) is 0 Å². The Bertz CT molecular complexity index is 861. The maximum absolute atomic E-state index is 11.5. The van der Waals surface area contributed by atoms with Crippen molar-refractivity contribution < 1.29 is 19.0 Å². The van der Waals surface area contributed by atoms with Gasteiger partial charge in [-0.25, -0.2) is 0 Å². The van der Waals surface area contributed by atoms with E-state index in [4.69, 9.17) is 14.2 Å². The molecule has 0 spiro atoms. The maximum atomic E-state index is 11.5. The highest BCUT2D eigenvalue weighted by atomic mass is 79.9. The lowest BCUT2D eigenvalue weighted by molar-refractivity contribution is -0.141. The third-order valence-corrected chi connectivity index (χ3v) is 6.36. The molecule has 1 heterocycles. The molecule has 2 aromatic carbocycles. The minimum Gasteiger partial charge on any atom is -0.492 e. The summed E-state index contributed by atoms with van der Waals surface area (Å²) >= 11 is 3.70. The molecular weight excluding hydrogens is 396 g/mol. The molecule has 2 aromatic rings. The standard InChI is InChI=1S/C21H21BrO4/c1-12-3-5-16-17(21(12)22)7-8-18(16)26-14-4-6-15-13(9-20(23)24-2)11-25-19(15)10-14/h3-6,10,13,18H,7-9,11H2,1-2H3. The molecule has 26 heavy (non-hydrogen) atoms. The molecular formula is C21H21BrO4. The zero-order valence-electron chi connectivity index (χ0n) is 14.9. The Balaban J connectivity index is 1.52. The molecule has 0 saturated carbocycles. The molecule has 0 amide bonds. The molecule has 0 aromatic heterocycles. The van der Waals surface area contributed by atoms with E-state index in [1.54, 1.807) is 0 Å². The molecule has 4 rings (SSSR count). The van der Waals surface area contributed by atoms with Crippen molar-refractivity contribution in [3.05, 3.63) is 57.1 Å². The zero-order chi connectivity index (χ0) is 18.3. The third kappa shape index (κ3) is 3.09. The number of carbonyl (C=O) groups is 1. The van der Waals surface area contributed by atoms with Gasteiger partial charge in [-0.05, 0) is 42.5 Å². The Morgan fingerprint density at radius 2 is 2.08 bits per heavy atom. The van der Waals surface area contributed by atoms with Gasteiger partial charge in [-0.3, -0.25) is 4.79 Å². The molecule has 2 aliphatic rings. The van der Waals surface area contributed by atoms with Crippen LogP contribution in [0.15, 0.2) is 34.8 Å². The summed E-state index contributed by atoms with van der Waals surface area (Å²) in [4.78, 5) is 11.5. The quantitative estimate of drug-likeness (QED) is 0.667. The normalized spacial score (nSPS) is 20.3. The number of rotatable bonds is 4. The van der Waals surface area contributed by atoms with Crippen LogP contribution in [0, 0.1) is 6.92 Å². The summed E-state index contributed by atoms with van der Waals surface area (Å²) in [7, 11) is 1.41. The van der Waals surface area contributed by atoms with Gasteiger partial charge < -0.3 is 14.2 Å². The summed E-state index contributed by atoms with van der Waals surface area (Å²) in [5.41, 5.74) is 4.91. The molecule has 136 valence electrons. The van der Waals surface area contributed by atoms with E-state index < -0.39 is 0 Å². The van der Waals surface area contributed by atoms with Gasteiger partial charge in [-0.15, -0.1) is 0 Å². The Morgan fingerprint density at radius 1 is 1.27 bits per heavy atom. The van der Waals surface area contributed by atoms with Gasteiger partial charge in [0.2, 0.25) is 0 Å². The molecule has 0 fully saturated rings. The van der Waals surface area contributed by atoms with E-state index in [1.807, 2.05) is 18.2 Å². The molecule has 4 nitrogen and oxygen atoms in total. The minimum atomic E-state index is -0.213. The van der Waals surface area contributed by atoms with E-state index >= 15 is 0 Å². The largest absolute Gasteiger partial charge is 0.492 e. The number of methoxy groups -OCH3 is 1. The first kappa shape index (κ1) is 17.4. The molecule has 5 heteroatoms. The van der Waals surface area contributed by atoms with Crippen LogP contribution in [-0.4, -0.2) is 19.7 Å². The SMILES string of the molecule is COC(=O)CC1COc2cc(OC3CCc4c3ccc(C)c4Br)ccc21. The van der Waals surface area contributed by atoms with Crippen LogP contribution in [0.1, 0.15) is 47.1 Å². The van der Waals surface area contributed by atoms with Crippen molar-refractivity contribution in [2.24, 2.45) is 0 Å². The predicted octanol–water partition coefficient (Wildman–Crippen LogP) is 4.86. The number of ether oxygens (including phenoxy) is 3. The summed E-state index contributed by atoms with van der Waals surface area (Å²) in [6, 6.07) is 10.2. The van der Waals surface area contributed by atoms with Gasteiger partial charge >= 0.3 is 5.97 Å². The van der Waals surface area contributed by atoms with Gasteiger partial charge in [0.25, 0.3) is 0 Å². The van der Waals surface area contributed by atoms with Crippen molar-refractivity contribution in [1.29, 1.82) is 0 Å². The summed E-state index contributed by atoms with van der Waals surface area (Å²) in [5.74, 6) is 1.45. The number of benzene rings is 2. The number of aryl methyl sites for hydroxylation is 1. The lowest BCUT2D eigenvalue weighted by Gasteiger charge is -2.16. The Morgan fingerprint density at radius 3 is 2.88 bits per heavy atom. The van der Waals surface area contributed by atoms with E-state index in [1.165, 1.54) is 28.3 Å². The summed E-state index contributed by atoms with van der Waals surface area (Å²) in [6.07, 6.45) is 2.39. The van der Waals surface area contributed by atoms with E-state index in [9.17, 15) is 4.79 Å². The van der Waals surface area contributed by atoms with Crippen molar-refractivity contribution in [3.8, 4) is 11.5 Å². The average Bonchev–Trinajstić information content (AvgIpc) is 3.23. The predicted molar refractivity (Wildman–Crippen MR) is 102 cm³/mol. The van der Waals surface area contributed by atoms with Crippen LogP contribution in [0.2, 0.25) is 0 Å². The minimum absolute atomic E-state index is 0.0534. The van der Waals surface area contributed by atoms with Crippen molar-refractivity contribution in [3.63, 3.8) is 0 Å². The van der Waals surface area contributed by atoms with Crippen molar-refractivity contribution in [1.82, 2.24) is 0 Å². The van der Waals surface area contributed by atoms with Crippen LogP contribution in [-0.2, 0) is 16.0 Å². The van der Waals surface area contributed by atoms with Gasteiger partial charge in [0.05, 0.1) is 20.1 Å². The Kier molecular flexibility index (Phi) is 4.65. The van der Waals surface area contributed by atoms with Crippen LogP contribution < -0.4 is 9.47 Å². The lowest BCUT2D eigenvalue weighted by atomic mass is 9.98. The van der Waals surface area contributed by atoms with Gasteiger partial charge in [-0.1, -0.05) is 34.1 Å². The van der Waals surface area contributed by atoms with Crippen LogP contribution >= 0.6 is 15.9 Å². The molecule has 2 unspecified atom stereocenters. The fraction of sp³-hybridized carbons (Fsp3) is 0.381. The van der Waals surface area contributed by atoms with Gasteiger partial charge in [0, 0.05) is 22.0 Å². The summed E-state index contributed by atoms with van der Waals surface area (Å²) in [6.45, 7) is 2.62. The number of hydrogen-bond donors (Lipinski definition) is 0. The van der Waals surface area contributed by atoms with E-state index in [0.717, 1.165) is 29.9 Å². The van der Waals surface area contributed by atoms with Gasteiger partial charge in [0.15, 0.2) is 0 Å². The second-order valence-corrected chi connectivity index (χ2v) is 7.69. The van der Waals surface area contributed by atoms with Crippen molar-refractivity contribution >= 4 is 21.9 Å². The summed E-state index contributed by atoms with van der Waals surface area (Å²) < 4.78 is 18.0. The number of fused-ring (bicyclic) bond motifs is 2. The lowest BCUT2D eigenvalue weighted by Crippen LogP contribution is -2.09. The highest BCUT2D eigenvalue weighted by Crippen LogP contribution is 2.42. The number of carbonyl (C=O) groups excluding carboxylic acids is 1. The van der Waals surface area contributed by atoms with E-state index in [2.05, 4.69) is 35.0 Å². The second kappa shape index (κ2) is 6.95.